The maximum atomic E-state index is 14.1. The number of aromatic nitrogens is 6. The Labute approximate surface area is 417 Å². The van der Waals surface area contributed by atoms with E-state index in [1.807, 2.05) is 0 Å². The second kappa shape index (κ2) is 29.7. The number of hydrogen-bond acceptors (Lipinski definition) is 16. The zero-order valence-electron chi connectivity index (χ0n) is 39.7. The summed E-state index contributed by atoms with van der Waals surface area (Å²) in [5, 5.41) is 47.2. The third kappa shape index (κ3) is 20.1. The molecule has 0 aliphatic rings. The summed E-state index contributed by atoms with van der Waals surface area (Å²) in [4.78, 5) is 132. The summed E-state index contributed by atoms with van der Waals surface area (Å²) in [6.45, 7) is -1.29. The number of amides is 7. The summed E-state index contributed by atoms with van der Waals surface area (Å²) in [7, 11) is 0. The second-order valence-electron chi connectivity index (χ2n) is 16.7. The molecule has 0 saturated heterocycles. The first-order valence-corrected chi connectivity index (χ1v) is 23.1. The van der Waals surface area contributed by atoms with Crippen molar-refractivity contribution in [3.8, 4) is 5.75 Å². The van der Waals surface area contributed by atoms with Gasteiger partial charge < -0.3 is 90.4 Å². The Morgan fingerprint density at radius 1 is 0.589 bits per heavy atom. The molecule has 0 aliphatic heterocycles. The molecule has 7 atom stereocenters. The third-order valence-corrected chi connectivity index (χ3v) is 11.0. The number of phenolic OH excluding ortho intramolecular Hbond substituents is 1. The standard InChI is InChI=1S/C44H64N18O11/c45-10-2-1-4-29(46)37(66)59-31(13-25-16-49-21-54-25)40(69)60-33(15-27-18-51-23-56-27)41(70)62-35(20-63)42(71)61-32(14-26-17-50-22-55-26)39(68)58-30(5-3-11-52-44(47)48)38(67)53-19-36(65)57-34(43(72)73)12-24-6-8-28(64)9-7-24/h6-9,16-18,21-23,29-35,63-64H,1-5,10-15,19-20,45-46H2,(H,49,54)(H,50,55)(H,51,56)(H,53,67)(H,57,65)(H,58,68)(H,59,66)(H,60,69)(H,61,71)(H,62,70)(H,72,73)(H4,47,48,52)/t29-,30-,31-,32-,33-,34-,35-/m0/s1. The van der Waals surface area contributed by atoms with E-state index in [2.05, 4.69) is 72.1 Å². The summed E-state index contributed by atoms with van der Waals surface area (Å²) in [5.41, 5.74) is 24.3. The van der Waals surface area contributed by atoms with E-state index in [9.17, 15) is 53.7 Å². The highest BCUT2D eigenvalue weighted by molar-refractivity contribution is 5.97. The fraction of sp³-hybridized carbons (Fsp3) is 0.455. The first-order chi connectivity index (χ1) is 35.0. The van der Waals surface area contributed by atoms with E-state index < -0.39 is 103 Å². The van der Waals surface area contributed by atoms with Crippen LogP contribution in [0.15, 0.2) is 66.8 Å². The molecule has 1 aromatic carbocycles. The van der Waals surface area contributed by atoms with E-state index in [-0.39, 0.29) is 56.8 Å². The average Bonchev–Trinajstić information content (AvgIpc) is 4.19. The Morgan fingerprint density at radius 3 is 1.52 bits per heavy atom. The predicted molar refractivity (Wildman–Crippen MR) is 259 cm³/mol. The van der Waals surface area contributed by atoms with E-state index in [0.717, 1.165) is 0 Å². The number of aliphatic carboxylic acids is 1. The summed E-state index contributed by atoms with van der Waals surface area (Å²) < 4.78 is 0. The maximum absolute atomic E-state index is 14.1. The monoisotopic (exact) mass is 1020 g/mol. The first kappa shape index (κ1) is 57.1. The molecule has 29 heteroatoms. The number of aliphatic hydroxyl groups is 1. The number of guanidine groups is 1. The molecule has 29 nitrogen and oxygen atoms in total. The van der Waals surface area contributed by atoms with E-state index >= 15 is 0 Å². The van der Waals surface area contributed by atoms with Crippen LogP contribution < -0.4 is 60.2 Å². The van der Waals surface area contributed by atoms with Gasteiger partial charge >= 0.3 is 5.97 Å². The number of imidazole rings is 3. The maximum Gasteiger partial charge on any atom is 0.326 e. The van der Waals surface area contributed by atoms with Gasteiger partial charge in [0.1, 0.15) is 42.0 Å². The van der Waals surface area contributed by atoms with Crippen molar-refractivity contribution < 1.29 is 53.7 Å². The van der Waals surface area contributed by atoms with Gasteiger partial charge in [0.25, 0.3) is 0 Å². The van der Waals surface area contributed by atoms with Crippen molar-refractivity contribution in [1.29, 1.82) is 0 Å². The minimum Gasteiger partial charge on any atom is -0.508 e. The van der Waals surface area contributed by atoms with E-state index in [4.69, 9.17) is 22.9 Å². The number of carbonyl (C=O) groups is 8. The molecule has 0 bridgehead atoms. The molecule has 3 aromatic heterocycles. The van der Waals surface area contributed by atoms with Gasteiger partial charge in [-0.05, 0) is 49.9 Å². The van der Waals surface area contributed by atoms with Gasteiger partial charge in [0.2, 0.25) is 41.4 Å². The Kier molecular flexibility index (Phi) is 23.2. The number of carbonyl (C=O) groups excluding carboxylic acids is 7. The SMILES string of the molecule is NCCCC[C@H](N)C(=O)N[C@@H](Cc1cnc[nH]1)C(=O)N[C@@H](Cc1cnc[nH]1)C(=O)N[C@@H](CO)C(=O)N[C@@H](Cc1cnc[nH]1)C(=O)N[C@@H](CCCN=C(N)N)C(=O)NCC(=O)N[C@@H](Cc1ccc(O)cc1)C(=O)O. The molecule has 4 aromatic rings. The van der Waals surface area contributed by atoms with Gasteiger partial charge in [-0.25, -0.2) is 19.7 Å². The van der Waals surface area contributed by atoms with Crippen molar-refractivity contribution in [2.75, 3.05) is 26.2 Å². The predicted octanol–water partition coefficient (Wildman–Crippen LogP) is -5.56. The van der Waals surface area contributed by atoms with E-state index in [1.54, 1.807) is 0 Å². The Morgan fingerprint density at radius 2 is 1.07 bits per heavy atom. The lowest BCUT2D eigenvalue weighted by Crippen LogP contribution is -2.61. The van der Waals surface area contributed by atoms with Gasteiger partial charge in [-0.1, -0.05) is 18.6 Å². The van der Waals surface area contributed by atoms with Gasteiger partial charge in [-0.3, -0.25) is 38.6 Å². The van der Waals surface area contributed by atoms with Crippen LogP contribution in [0.25, 0.3) is 0 Å². The molecule has 3 heterocycles. The fourth-order valence-corrected chi connectivity index (χ4v) is 7.05. The Hall–Kier alpha value is -8.44. The van der Waals surface area contributed by atoms with Crippen LogP contribution in [0.1, 0.15) is 54.7 Å². The average molecular weight is 1020 g/mol. The molecule has 396 valence electrons. The Bertz CT molecular complexity index is 2410. The molecular formula is C44H64N18O11. The van der Waals surface area contributed by atoms with Crippen molar-refractivity contribution in [1.82, 2.24) is 67.1 Å². The number of carboxylic acids is 1. The number of nitrogens with two attached hydrogens (primary N) is 4. The number of phenols is 1. The van der Waals surface area contributed by atoms with Crippen molar-refractivity contribution in [2.24, 2.45) is 27.9 Å². The number of carboxylic acid groups (broad SMARTS) is 1. The topological polar surface area (TPSA) is 484 Å². The van der Waals surface area contributed by atoms with Crippen LogP contribution in [0.3, 0.4) is 0 Å². The van der Waals surface area contributed by atoms with Crippen molar-refractivity contribution in [3.63, 3.8) is 0 Å². The minimum absolute atomic E-state index is 0.0252. The van der Waals surface area contributed by atoms with Gasteiger partial charge in [0.15, 0.2) is 5.96 Å². The van der Waals surface area contributed by atoms with Crippen molar-refractivity contribution in [3.05, 3.63) is 84.5 Å². The highest BCUT2D eigenvalue weighted by Crippen LogP contribution is 2.12. The van der Waals surface area contributed by atoms with Crippen LogP contribution in [0.5, 0.6) is 5.75 Å². The fourth-order valence-electron chi connectivity index (χ4n) is 7.05. The van der Waals surface area contributed by atoms with Crippen LogP contribution in [-0.4, -0.2) is 167 Å². The molecule has 0 radical (unpaired) electrons. The summed E-state index contributed by atoms with van der Waals surface area (Å²) in [6.07, 6.45) is 9.04. The number of hydrogen-bond donors (Lipinski definition) is 17. The summed E-state index contributed by atoms with van der Waals surface area (Å²) >= 11 is 0. The normalized spacial score (nSPS) is 13.8. The zero-order chi connectivity index (χ0) is 53.3. The lowest BCUT2D eigenvalue weighted by molar-refractivity contribution is -0.141. The Balaban J connectivity index is 1.49. The number of nitrogens with one attached hydrogen (secondary N) is 10. The molecule has 73 heavy (non-hydrogen) atoms. The van der Waals surface area contributed by atoms with Gasteiger partial charge in [-0.2, -0.15) is 0 Å². The highest BCUT2D eigenvalue weighted by atomic mass is 16.4. The van der Waals surface area contributed by atoms with Crippen LogP contribution >= 0.6 is 0 Å². The summed E-state index contributed by atoms with van der Waals surface area (Å²) in [6, 6.07) is -4.08. The van der Waals surface area contributed by atoms with Gasteiger partial charge in [0.05, 0.1) is 38.2 Å². The van der Waals surface area contributed by atoms with Crippen LogP contribution in [0.2, 0.25) is 0 Å². The number of aliphatic imine (C=N–C) groups is 1. The van der Waals surface area contributed by atoms with E-state index in [0.29, 0.717) is 48.5 Å². The number of unbranched alkanes of at least 4 members (excludes halogenated alkanes) is 1. The molecular weight excluding hydrogens is 957 g/mol. The third-order valence-electron chi connectivity index (χ3n) is 11.0. The van der Waals surface area contributed by atoms with Crippen molar-refractivity contribution >= 4 is 53.3 Å². The molecule has 4 rings (SSSR count). The van der Waals surface area contributed by atoms with Crippen LogP contribution in [0, 0.1) is 0 Å². The summed E-state index contributed by atoms with van der Waals surface area (Å²) in [5.74, 6) is -7.83. The van der Waals surface area contributed by atoms with Crippen LogP contribution in [-0.2, 0) is 64.0 Å². The molecule has 0 aliphatic carbocycles. The largest absolute Gasteiger partial charge is 0.508 e. The molecule has 7 amide bonds. The van der Waals surface area contributed by atoms with Gasteiger partial charge in [0, 0.05) is 67.9 Å². The molecule has 0 saturated carbocycles. The number of nitrogens with zero attached hydrogens (tertiary/aromatic N) is 4. The molecule has 21 N–H and O–H groups in total. The van der Waals surface area contributed by atoms with Crippen LogP contribution in [0.4, 0.5) is 0 Å². The first-order valence-electron chi connectivity index (χ1n) is 23.1. The number of rotatable bonds is 32. The number of H-pyrrole nitrogens is 3. The number of aromatic hydroxyl groups is 1. The van der Waals surface area contributed by atoms with Gasteiger partial charge in [-0.15, -0.1) is 0 Å². The molecule has 0 spiro atoms. The van der Waals surface area contributed by atoms with E-state index in [1.165, 1.54) is 61.8 Å². The van der Waals surface area contributed by atoms with Crippen molar-refractivity contribution in [2.45, 2.75) is 100 Å². The second-order valence-corrected chi connectivity index (χ2v) is 16.7. The highest BCUT2D eigenvalue weighted by Gasteiger charge is 2.34. The number of benzene rings is 1. The molecule has 0 unspecified atom stereocenters. The zero-order valence-corrected chi connectivity index (χ0v) is 39.7. The number of aliphatic hydroxyl groups excluding tert-OH is 1. The molecule has 0 fully saturated rings. The lowest BCUT2D eigenvalue weighted by atomic mass is 10.1. The lowest BCUT2D eigenvalue weighted by Gasteiger charge is -2.26. The number of aromatic amines is 3. The minimum atomic E-state index is -1.74. The quantitative estimate of drug-likeness (QED) is 0.0123. The smallest absolute Gasteiger partial charge is 0.326 e.